The molecule has 1 aliphatic heterocycles. The van der Waals surface area contributed by atoms with Crippen molar-refractivity contribution >= 4 is 16.9 Å². The van der Waals surface area contributed by atoms with Crippen LogP contribution in [0.4, 0.5) is 0 Å². The number of likely N-dealkylation sites (tertiary alicyclic amines) is 1. The molecule has 2 heterocycles. The van der Waals surface area contributed by atoms with E-state index in [1.165, 1.54) is 32.1 Å². The largest absolute Gasteiger partial charge is 0.366 e. The number of para-hydroxylation sites is 1. The quantitative estimate of drug-likeness (QED) is 0.915. The van der Waals surface area contributed by atoms with E-state index in [0.29, 0.717) is 23.2 Å². The maximum atomic E-state index is 11.5. The van der Waals surface area contributed by atoms with Crippen LogP contribution >= 0.6 is 0 Å². The normalized spacial score (nSPS) is 23.5. The predicted molar refractivity (Wildman–Crippen MR) is 85.5 cm³/mol. The zero-order valence-electron chi connectivity index (χ0n) is 12.7. The van der Waals surface area contributed by atoms with Gasteiger partial charge in [-0.15, -0.1) is 0 Å². The number of imidazole rings is 1. The number of primary amides is 1. The average Bonchev–Trinajstić information content (AvgIpc) is 2.89. The lowest BCUT2D eigenvalue weighted by Gasteiger charge is -2.46. The van der Waals surface area contributed by atoms with Gasteiger partial charge in [-0.3, -0.25) is 9.69 Å². The van der Waals surface area contributed by atoms with Crippen LogP contribution in [0.15, 0.2) is 18.2 Å². The number of aromatic nitrogens is 2. The number of hydrogen-bond donors (Lipinski definition) is 2. The van der Waals surface area contributed by atoms with Crippen molar-refractivity contribution in [1.82, 2.24) is 14.9 Å². The molecule has 4 rings (SSSR count). The van der Waals surface area contributed by atoms with Crippen molar-refractivity contribution in [1.29, 1.82) is 0 Å². The number of carbonyl (C=O) groups is 1. The number of nitrogens with two attached hydrogens (primary N) is 1. The molecule has 5 heteroatoms. The molecule has 3 N–H and O–H groups in total. The zero-order chi connectivity index (χ0) is 15.1. The number of amides is 1. The first-order valence-corrected chi connectivity index (χ1v) is 8.28. The maximum absolute atomic E-state index is 11.5. The molecule has 0 radical (unpaired) electrons. The minimum absolute atomic E-state index is 0.372. The first-order chi connectivity index (χ1) is 10.7. The second kappa shape index (κ2) is 5.39. The van der Waals surface area contributed by atoms with Crippen molar-refractivity contribution < 1.29 is 4.79 Å². The minimum atomic E-state index is -0.415. The Morgan fingerprint density at radius 1 is 1.23 bits per heavy atom. The Kier molecular flexibility index (Phi) is 3.37. The Morgan fingerprint density at radius 2 is 2.05 bits per heavy atom. The van der Waals surface area contributed by atoms with Crippen molar-refractivity contribution in [3.05, 3.63) is 29.6 Å². The van der Waals surface area contributed by atoms with Crippen LogP contribution in [0.3, 0.4) is 0 Å². The predicted octanol–water partition coefficient (Wildman–Crippen LogP) is 2.74. The summed E-state index contributed by atoms with van der Waals surface area (Å²) < 4.78 is 0. The fraction of sp³-hybridized carbons (Fsp3) is 0.529. The number of H-pyrrole nitrogens is 1. The number of aromatic amines is 1. The van der Waals surface area contributed by atoms with Gasteiger partial charge in [-0.1, -0.05) is 25.3 Å². The Labute approximate surface area is 129 Å². The van der Waals surface area contributed by atoms with Crippen molar-refractivity contribution in [3.63, 3.8) is 0 Å². The first-order valence-electron chi connectivity index (χ1n) is 8.28. The van der Waals surface area contributed by atoms with Crippen LogP contribution in [0.5, 0.6) is 0 Å². The molecule has 1 aliphatic carbocycles. The van der Waals surface area contributed by atoms with Crippen molar-refractivity contribution in [3.8, 4) is 0 Å². The lowest BCUT2D eigenvalue weighted by Crippen LogP contribution is -2.48. The van der Waals surface area contributed by atoms with E-state index in [1.807, 2.05) is 12.1 Å². The molecular weight excluding hydrogens is 276 g/mol. The highest BCUT2D eigenvalue weighted by atomic mass is 16.1. The Hall–Kier alpha value is -1.88. The molecule has 2 fully saturated rings. The van der Waals surface area contributed by atoms with Gasteiger partial charge in [0.05, 0.1) is 17.1 Å². The zero-order valence-corrected chi connectivity index (χ0v) is 12.7. The summed E-state index contributed by atoms with van der Waals surface area (Å²) in [5.41, 5.74) is 7.57. The van der Waals surface area contributed by atoms with E-state index in [9.17, 15) is 4.79 Å². The number of fused-ring (bicyclic) bond motifs is 1. The van der Waals surface area contributed by atoms with Gasteiger partial charge < -0.3 is 10.7 Å². The highest BCUT2D eigenvalue weighted by Gasteiger charge is 2.37. The average molecular weight is 298 g/mol. The molecule has 1 saturated heterocycles. The van der Waals surface area contributed by atoms with Gasteiger partial charge in [-0.25, -0.2) is 4.98 Å². The molecule has 0 spiro atoms. The third-order valence-electron chi connectivity index (χ3n) is 5.22. The Morgan fingerprint density at radius 3 is 2.73 bits per heavy atom. The standard InChI is InChI=1S/C17H22N4O/c18-16(22)12-7-4-8-13-15(12)20-17(19-13)14-9-10-21(14)11-5-2-1-3-6-11/h4,7-8,11,14H,1-3,5-6,9-10H2,(H2,18,22)(H,19,20). The molecule has 22 heavy (non-hydrogen) atoms. The third-order valence-corrected chi connectivity index (χ3v) is 5.22. The number of rotatable bonds is 3. The summed E-state index contributed by atoms with van der Waals surface area (Å²) in [6.07, 6.45) is 7.83. The molecule has 1 aromatic carbocycles. The second-order valence-electron chi connectivity index (χ2n) is 6.52. The van der Waals surface area contributed by atoms with E-state index in [2.05, 4.69) is 9.88 Å². The van der Waals surface area contributed by atoms with E-state index >= 15 is 0 Å². The molecule has 1 aromatic heterocycles. The summed E-state index contributed by atoms with van der Waals surface area (Å²) in [6.45, 7) is 1.16. The SMILES string of the molecule is NC(=O)c1cccc2[nH]c(C3CCN3C3CCCCC3)nc12. The van der Waals surface area contributed by atoms with Gasteiger partial charge in [0.15, 0.2) is 0 Å². The summed E-state index contributed by atoms with van der Waals surface area (Å²) in [5.74, 6) is 0.571. The van der Waals surface area contributed by atoms with Gasteiger partial charge in [-0.05, 0) is 31.4 Å². The van der Waals surface area contributed by atoms with Gasteiger partial charge in [0.1, 0.15) is 11.3 Å². The summed E-state index contributed by atoms with van der Waals surface area (Å²) in [7, 11) is 0. The van der Waals surface area contributed by atoms with Gasteiger partial charge in [-0.2, -0.15) is 0 Å². The van der Waals surface area contributed by atoms with Crippen LogP contribution in [0.2, 0.25) is 0 Å². The summed E-state index contributed by atoms with van der Waals surface area (Å²) >= 11 is 0. The third kappa shape index (κ3) is 2.20. The molecule has 5 nitrogen and oxygen atoms in total. The molecular formula is C17H22N4O. The molecule has 116 valence electrons. The van der Waals surface area contributed by atoms with Crippen LogP contribution < -0.4 is 5.73 Å². The molecule has 0 bridgehead atoms. The van der Waals surface area contributed by atoms with E-state index in [-0.39, 0.29) is 0 Å². The summed E-state index contributed by atoms with van der Waals surface area (Å²) in [4.78, 5) is 22.2. The Bertz CT molecular complexity index is 702. The number of benzene rings is 1. The lowest BCUT2D eigenvalue weighted by atomic mass is 9.89. The Balaban J connectivity index is 1.64. The highest BCUT2D eigenvalue weighted by Crippen LogP contribution is 2.38. The molecule has 2 aliphatic rings. The molecule has 1 saturated carbocycles. The molecule has 2 aromatic rings. The van der Waals surface area contributed by atoms with E-state index < -0.39 is 5.91 Å². The molecule has 1 unspecified atom stereocenters. The van der Waals surface area contributed by atoms with Gasteiger partial charge in [0.2, 0.25) is 0 Å². The second-order valence-corrected chi connectivity index (χ2v) is 6.52. The fourth-order valence-electron chi connectivity index (χ4n) is 3.96. The molecule has 1 amide bonds. The number of nitrogens with one attached hydrogen (secondary N) is 1. The number of nitrogens with zero attached hydrogens (tertiary/aromatic N) is 2. The topological polar surface area (TPSA) is 75.0 Å². The smallest absolute Gasteiger partial charge is 0.250 e. The maximum Gasteiger partial charge on any atom is 0.250 e. The monoisotopic (exact) mass is 298 g/mol. The number of carbonyl (C=O) groups excluding carboxylic acids is 1. The highest BCUT2D eigenvalue weighted by molar-refractivity contribution is 6.04. The van der Waals surface area contributed by atoms with E-state index in [0.717, 1.165) is 24.3 Å². The van der Waals surface area contributed by atoms with Gasteiger partial charge in [0.25, 0.3) is 5.91 Å². The lowest BCUT2D eigenvalue weighted by molar-refractivity contribution is 0.0186. The summed E-state index contributed by atoms with van der Waals surface area (Å²) in [6, 6.07) is 6.63. The van der Waals surface area contributed by atoms with E-state index in [1.54, 1.807) is 6.07 Å². The van der Waals surface area contributed by atoms with Crippen molar-refractivity contribution in [2.45, 2.75) is 50.6 Å². The van der Waals surface area contributed by atoms with Gasteiger partial charge in [0, 0.05) is 12.6 Å². The van der Waals surface area contributed by atoms with Crippen LogP contribution in [0.1, 0.15) is 60.7 Å². The number of hydrogen-bond acceptors (Lipinski definition) is 3. The van der Waals surface area contributed by atoms with Crippen molar-refractivity contribution in [2.24, 2.45) is 5.73 Å². The minimum Gasteiger partial charge on any atom is -0.366 e. The summed E-state index contributed by atoms with van der Waals surface area (Å²) in [5, 5.41) is 0. The van der Waals surface area contributed by atoms with Crippen molar-refractivity contribution in [2.75, 3.05) is 6.54 Å². The van der Waals surface area contributed by atoms with Gasteiger partial charge >= 0.3 is 0 Å². The van der Waals surface area contributed by atoms with Crippen LogP contribution in [-0.2, 0) is 0 Å². The van der Waals surface area contributed by atoms with Crippen LogP contribution in [0, 0.1) is 0 Å². The fourth-order valence-corrected chi connectivity index (χ4v) is 3.96. The van der Waals surface area contributed by atoms with E-state index in [4.69, 9.17) is 10.7 Å². The molecule has 1 atom stereocenters. The first kappa shape index (κ1) is 13.8. The van der Waals surface area contributed by atoms with Crippen LogP contribution in [-0.4, -0.2) is 33.4 Å². The van der Waals surface area contributed by atoms with Crippen LogP contribution in [0.25, 0.3) is 11.0 Å².